The molecule has 0 bridgehead atoms. The minimum Gasteiger partial charge on any atom is -0.316 e. The van der Waals surface area contributed by atoms with Crippen molar-refractivity contribution >= 4 is 24.8 Å². The lowest BCUT2D eigenvalue weighted by Crippen LogP contribution is -2.44. The molecule has 2 heterocycles. The second kappa shape index (κ2) is 8.58. The summed E-state index contributed by atoms with van der Waals surface area (Å²) >= 11 is 0. The average Bonchev–Trinajstić information content (AvgIpc) is 2.17. The van der Waals surface area contributed by atoms with Crippen molar-refractivity contribution in [2.45, 2.75) is 33.1 Å². The first-order valence-corrected chi connectivity index (χ1v) is 6.67. The van der Waals surface area contributed by atoms with Crippen LogP contribution < -0.4 is 5.32 Å². The van der Waals surface area contributed by atoms with Crippen LogP contribution in [0.4, 0.5) is 0 Å². The molecule has 2 aliphatic rings. The predicted molar refractivity (Wildman–Crippen MR) is 79.5 cm³/mol. The minimum atomic E-state index is 0. The van der Waals surface area contributed by atoms with Gasteiger partial charge >= 0.3 is 0 Å². The highest BCUT2D eigenvalue weighted by molar-refractivity contribution is 5.85. The molecule has 0 spiro atoms. The summed E-state index contributed by atoms with van der Waals surface area (Å²) < 4.78 is 0. The molecule has 0 aliphatic carbocycles. The highest BCUT2D eigenvalue weighted by Gasteiger charge is 2.24. The van der Waals surface area contributed by atoms with Crippen LogP contribution in [-0.2, 0) is 0 Å². The lowest BCUT2D eigenvalue weighted by atomic mass is 9.90. The molecule has 4 heteroatoms. The molecule has 17 heavy (non-hydrogen) atoms. The third kappa shape index (κ3) is 5.78. The maximum absolute atomic E-state index is 3.52. The van der Waals surface area contributed by atoms with Gasteiger partial charge in [-0.1, -0.05) is 13.8 Å². The summed E-state index contributed by atoms with van der Waals surface area (Å²) in [5.41, 5.74) is 0. The number of rotatable bonds is 2. The number of hydrogen-bond acceptors (Lipinski definition) is 2. The Kier molecular flexibility index (Phi) is 8.83. The van der Waals surface area contributed by atoms with Crippen LogP contribution in [0.2, 0.25) is 0 Å². The highest BCUT2D eigenvalue weighted by Crippen LogP contribution is 2.22. The van der Waals surface area contributed by atoms with E-state index in [1.807, 2.05) is 0 Å². The number of hydrogen-bond donors (Lipinski definition) is 1. The van der Waals surface area contributed by atoms with Crippen molar-refractivity contribution < 1.29 is 0 Å². The Morgan fingerprint density at radius 1 is 1.12 bits per heavy atom. The summed E-state index contributed by atoms with van der Waals surface area (Å²) in [4.78, 5) is 2.70. The van der Waals surface area contributed by atoms with Crippen molar-refractivity contribution in [3.05, 3.63) is 0 Å². The van der Waals surface area contributed by atoms with Gasteiger partial charge in [0.25, 0.3) is 0 Å². The maximum Gasteiger partial charge on any atom is 0.00220 e. The summed E-state index contributed by atoms with van der Waals surface area (Å²) in [6.45, 7) is 11.3. The van der Waals surface area contributed by atoms with E-state index < -0.39 is 0 Å². The Morgan fingerprint density at radius 2 is 1.76 bits per heavy atom. The zero-order chi connectivity index (χ0) is 10.7. The van der Waals surface area contributed by atoms with E-state index in [1.54, 1.807) is 0 Å². The molecule has 2 fully saturated rings. The van der Waals surface area contributed by atoms with Crippen LogP contribution in [0.5, 0.6) is 0 Å². The van der Waals surface area contributed by atoms with E-state index in [0.717, 1.165) is 17.8 Å². The highest BCUT2D eigenvalue weighted by atomic mass is 35.5. The molecule has 2 aliphatic heterocycles. The van der Waals surface area contributed by atoms with Gasteiger partial charge in [0.15, 0.2) is 0 Å². The van der Waals surface area contributed by atoms with Crippen LogP contribution in [0.15, 0.2) is 0 Å². The first-order chi connectivity index (χ1) is 7.24. The Morgan fingerprint density at radius 3 is 2.29 bits per heavy atom. The van der Waals surface area contributed by atoms with E-state index in [-0.39, 0.29) is 24.8 Å². The van der Waals surface area contributed by atoms with E-state index in [4.69, 9.17) is 0 Å². The van der Waals surface area contributed by atoms with Gasteiger partial charge in [0, 0.05) is 19.6 Å². The molecule has 1 N–H and O–H groups in total. The normalized spacial score (nSPS) is 34.6. The fraction of sp³-hybridized carbons (Fsp3) is 1.00. The molecule has 3 unspecified atom stereocenters. The van der Waals surface area contributed by atoms with Gasteiger partial charge in [-0.3, -0.25) is 0 Å². The van der Waals surface area contributed by atoms with E-state index in [1.165, 1.54) is 52.0 Å². The molecule has 3 atom stereocenters. The monoisotopic (exact) mass is 282 g/mol. The fourth-order valence-corrected chi connectivity index (χ4v) is 3.39. The molecule has 104 valence electrons. The van der Waals surface area contributed by atoms with Gasteiger partial charge in [0.05, 0.1) is 0 Å². The van der Waals surface area contributed by atoms with Crippen LogP contribution in [0, 0.1) is 17.8 Å². The number of nitrogens with one attached hydrogen (secondary N) is 1. The molecular formula is C13H28Cl2N2. The third-order valence-corrected chi connectivity index (χ3v) is 3.86. The first kappa shape index (κ1) is 17.5. The van der Waals surface area contributed by atoms with Crippen molar-refractivity contribution in [1.29, 1.82) is 0 Å². The van der Waals surface area contributed by atoms with Crippen molar-refractivity contribution in [3.8, 4) is 0 Å². The van der Waals surface area contributed by atoms with Gasteiger partial charge in [-0.2, -0.15) is 0 Å². The SMILES string of the molecule is CC1CC(C)CN(CC2CCCNC2)C1.Cl.Cl. The number of piperidine rings is 2. The fourth-order valence-electron chi connectivity index (χ4n) is 3.39. The molecule has 2 nitrogen and oxygen atoms in total. The molecular weight excluding hydrogens is 255 g/mol. The summed E-state index contributed by atoms with van der Waals surface area (Å²) in [5.74, 6) is 2.73. The van der Waals surface area contributed by atoms with E-state index in [2.05, 4.69) is 24.1 Å². The summed E-state index contributed by atoms with van der Waals surface area (Å²) in [5, 5.41) is 3.52. The molecule has 0 amide bonds. The van der Waals surface area contributed by atoms with Crippen molar-refractivity contribution in [3.63, 3.8) is 0 Å². The van der Waals surface area contributed by atoms with Gasteiger partial charge in [-0.25, -0.2) is 0 Å². The Labute approximate surface area is 119 Å². The number of nitrogens with zero attached hydrogens (tertiary/aromatic N) is 1. The van der Waals surface area contributed by atoms with Crippen molar-refractivity contribution in [1.82, 2.24) is 10.2 Å². The quantitative estimate of drug-likeness (QED) is 0.838. The first-order valence-electron chi connectivity index (χ1n) is 6.67. The minimum absolute atomic E-state index is 0. The molecule has 0 saturated carbocycles. The van der Waals surface area contributed by atoms with Crippen LogP contribution in [0.1, 0.15) is 33.1 Å². The molecule has 0 aromatic rings. The van der Waals surface area contributed by atoms with Gasteiger partial charge in [-0.05, 0) is 50.1 Å². The lowest BCUT2D eigenvalue weighted by Gasteiger charge is -2.37. The smallest absolute Gasteiger partial charge is 0.00220 e. The van der Waals surface area contributed by atoms with E-state index in [0.29, 0.717) is 0 Å². The largest absolute Gasteiger partial charge is 0.316 e. The lowest BCUT2D eigenvalue weighted by molar-refractivity contribution is 0.115. The topological polar surface area (TPSA) is 15.3 Å². The number of halogens is 2. The Hall–Kier alpha value is 0.500. The van der Waals surface area contributed by atoms with Crippen LogP contribution in [0.3, 0.4) is 0 Å². The van der Waals surface area contributed by atoms with Crippen LogP contribution >= 0.6 is 24.8 Å². The summed E-state index contributed by atoms with van der Waals surface area (Å²) in [7, 11) is 0. The standard InChI is InChI=1S/C13H26N2.2ClH/c1-11-6-12(2)9-15(8-11)10-13-4-3-5-14-7-13;;/h11-14H,3-10H2,1-2H3;2*1H. The van der Waals surface area contributed by atoms with E-state index >= 15 is 0 Å². The average molecular weight is 283 g/mol. The van der Waals surface area contributed by atoms with Gasteiger partial charge in [0.1, 0.15) is 0 Å². The zero-order valence-corrected chi connectivity index (χ0v) is 12.8. The molecule has 0 radical (unpaired) electrons. The van der Waals surface area contributed by atoms with Gasteiger partial charge < -0.3 is 10.2 Å². The second-order valence-electron chi connectivity index (χ2n) is 5.88. The molecule has 2 saturated heterocycles. The third-order valence-electron chi connectivity index (χ3n) is 3.86. The van der Waals surface area contributed by atoms with Crippen LogP contribution in [-0.4, -0.2) is 37.6 Å². The zero-order valence-electron chi connectivity index (χ0n) is 11.2. The predicted octanol–water partition coefficient (Wildman–Crippen LogP) is 2.81. The molecule has 0 aromatic heterocycles. The van der Waals surface area contributed by atoms with Crippen molar-refractivity contribution in [2.24, 2.45) is 17.8 Å². The Balaban J connectivity index is 0.00000128. The van der Waals surface area contributed by atoms with Crippen LogP contribution in [0.25, 0.3) is 0 Å². The molecule has 2 rings (SSSR count). The second-order valence-corrected chi connectivity index (χ2v) is 5.88. The Bertz CT molecular complexity index is 186. The maximum atomic E-state index is 3.52. The summed E-state index contributed by atoms with van der Waals surface area (Å²) in [6, 6.07) is 0. The van der Waals surface area contributed by atoms with Gasteiger partial charge in [-0.15, -0.1) is 24.8 Å². The number of likely N-dealkylation sites (tertiary alicyclic amines) is 1. The molecule has 0 aromatic carbocycles. The van der Waals surface area contributed by atoms with E-state index in [9.17, 15) is 0 Å². The van der Waals surface area contributed by atoms with Crippen molar-refractivity contribution in [2.75, 3.05) is 32.7 Å². The summed E-state index contributed by atoms with van der Waals surface area (Å²) in [6.07, 6.45) is 4.25. The van der Waals surface area contributed by atoms with Gasteiger partial charge in [0.2, 0.25) is 0 Å².